The van der Waals surface area contributed by atoms with Crippen molar-refractivity contribution < 1.29 is 19.4 Å². The Kier molecular flexibility index (Phi) is 4.71. The third-order valence-corrected chi connectivity index (χ3v) is 2.81. The van der Waals surface area contributed by atoms with Crippen LogP contribution in [0.4, 0.5) is 0 Å². The van der Waals surface area contributed by atoms with Crippen LogP contribution in [0.1, 0.15) is 13.3 Å². The number of carbonyl (C=O) groups is 2. The summed E-state index contributed by atoms with van der Waals surface area (Å²) in [6.45, 7) is 1.56. The van der Waals surface area contributed by atoms with E-state index < -0.39 is 17.3 Å². The fourth-order valence-corrected chi connectivity index (χ4v) is 1.48. The Hall–Kier alpha value is -2.04. The smallest absolute Gasteiger partial charge is 0.319 e. The Bertz CT molecular complexity index is 418. The van der Waals surface area contributed by atoms with E-state index >= 15 is 0 Å². The normalized spacial score (nSPS) is 13.4. The van der Waals surface area contributed by atoms with Crippen molar-refractivity contribution in [2.45, 2.75) is 13.3 Å². The van der Waals surface area contributed by atoms with Crippen molar-refractivity contribution in [3.05, 3.63) is 30.3 Å². The van der Waals surface area contributed by atoms with Crippen molar-refractivity contribution in [3.8, 4) is 5.75 Å². The molecule has 0 aliphatic carbocycles. The maximum atomic E-state index is 11.6. The molecule has 0 aliphatic rings. The lowest BCUT2D eigenvalue weighted by atomic mass is 9.86. The third-order valence-electron chi connectivity index (χ3n) is 2.81. The minimum absolute atomic E-state index is 0.108. The average Bonchev–Trinajstić information content (AvgIpc) is 2.38. The van der Waals surface area contributed by atoms with E-state index in [0.29, 0.717) is 5.75 Å². The molecule has 0 aliphatic heterocycles. The van der Waals surface area contributed by atoms with Gasteiger partial charge in [0.05, 0.1) is 6.61 Å². The number of amides is 1. The third kappa shape index (κ3) is 3.23. The van der Waals surface area contributed by atoms with Gasteiger partial charge in [-0.15, -0.1) is 0 Å². The summed E-state index contributed by atoms with van der Waals surface area (Å²) in [6, 6.07) is 9.06. The summed E-state index contributed by atoms with van der Waals surface area (Å²) >= 11 is 0. The Morgan fingerprint density at radius 2 is 1.94 bits per heavy atom. The first-order chi connectivity index (χ1) is 8.50. The Morgan fingerprint density at radius 3 is 2.44 bits per heavy atom. The van der Waals surface area contributed by atoms with Crippen LogP contribution in [0.15, 0.2) is 30.3 Å². The number of rotatable bonds is 6. The predicted molar refractivity (Wildman–Crippen MR) is 66.4 cm³/mol. The zero-order valence-corrected chi connectivity index (χ0v) is 10.5. The van der Waals surface area contributed by atoms with Crippen molar-refractivity contribution in [1.29, 1.82) is 0 Å². The molecule has 1 aromatic carbocycles. The molecule has 1 aromatic rings. The van der Waals surface area contributed by atoms with Gasteiger partial charge >= 0.3 is 5.97 Å². The fraction of sp³-hybridized carbons (Fsp3) is 0.385. The van der Waals surface area contributed by atoms with Gasteiger partial charge in [-0.1, -0.05) is 18.2 Å². The highest BCUT2D eigenvalue weighted by atomic mass is 16.5. The maximum absolute atomic E-state index is 11.6. The van der Waals surface area contributed by atoms with Gasteiger partial charge in [-0.2, -0.15) is 0 Å². The minimum atomic E-state index is -1.47. The van der Waals surface area contributed by atoms with Crippen LogP contribution in [0, 0.1) is 5.41 Å². The summed E-state index contributed by atoms with van der Waals surface area (Å²) in [5.74, 6) is -1.02. The molecule has 5 heteroatoms. The lowest BCUT2D eigenvalue weighted by Crippen LogP contribution is -2.44. The average molecular weight is 251 g/mol. The second kappa shape index (κ2) is 6.05. The number of carbonyl (C=O) groups excluding carboxylic acids is 1. The second-order valence-corrected chi connectivity index (χ2v) is 4.13. The highest BCUT2D eigenvalue weighted by Gasteiger charge is 2.40. The van der Waals surface area contributed by atoms with Gasteiger partial charge in [0, 0.05) is 13.5 Å². The molecule has 0 saturated heterocycles. The molecule has 0 fully saturated rings. The second-order valence-electron chi connectivity index (χ2n) is 4.13. The summed E-state index contributed by atoms with van der Waals surface area (Å²) in [7, 11) is 1.42. The van der Waals surface area contributed by atoms with E-state index in [1.807, 2.05) is 18.2 Å². The first kappa shape index (κ1) is 14.0. The molecule has 0 spiro atoms. The summed E-state index contributed by atoms with van der Waals surface area (Å²) in [6.07, 6.45) is 0.108. The Balaban J connectivity index is 2.59. The summed E-state index contributed by atoms with van der Waals surface area (Å²) in [5.41, 5.74) is -1.47. The molecular weight excluding hydrogens is 234 g/mol. The minimum Gasteiger partial charge on any atom is -0.494 e. The zero-order valence-electron chi connectivity index (χ0n) is 10.5. The van der Waals surface area contributed by atoms with Crippen LogP contribution in [0.25, 0.3) is 0 Å². The van der Waals surface area contributed by atoms with Crippen molar-refractivity contribution in [1.82, 2.24) is 5.32 Å². The first-order valence-electron chi connectivity index (χ1n) is 5.64. The maximum Gasteiger partial charge on any atom is 0.319 e. The van der Waals surface area contributed by atoms with Crippen LogP contribution in [0.3, 0.4) is 0 Å². The zero-order chi connectivity index (χ0) is 13.6. The van der Waals surface area contributed by atoms with Crippen molar-refractivity contribution in [3.63, 3.8) is 0 Å². The van der Waals surface area contributed by atoms with Crippen LogP contribution in [-0.4, -0.2) is 30.6 Å². The number of nitrogens with one attached hydrogen (secondary N) is 1. The summed E-state index contributed by atoms with van der Waals surface area (Å²) in [4.78, 5) is 22.7. The molecule has 0 aromatic heterocycles. The van der Waals surface area contributed by atoms with E-state index in [-0.39, 0.29) is 13.0 Å². The first-order valence-corrected chi connectivity index (χ1v) is 5.64. The molecule has 1 rings (SSSR count). The topological polar surface area (TPSA) is 75.6 Å². The van der Waals surface area contributed by atoms with Gasteiger partial charge < -0.3 is 15.2 Å². The van der Waals surface area contributed by atoms with Gasteiger partial charge in [-0.25, -0.2) is 0 Å². The Labute approximate surface area is 106 Å². The molecule has 1 amide bonds. The fourth-order valence-electron chi connectivity index (χ4n) is 1.48. The number of para-hydroxylation sites is 1. The standard InChI is InChI=1S/C13H17NO4/c1-13(12(16)17,11(15)14-2)8-9-18-10-6-4-3-5-7-10/h3-7H,8-9H2,1-2H3,(H,14,15)(H,16,17). The molecule has 2 N–H and O–H groups in total. The SMILES string of the molecule is CNC(=O)C(C)(CCOc1ccccc1)C(=O)O. The number of carboxylic acid groups (broad SMARTS) is 1. The van der Waals surface area contributed by atoms with Crippen LogP contribution in [0.5, 0.6) is 5.75 Å². The number of aliphatic carboxylic acids is 1. The lowest BCUT2D eigenvalue weighted by Gasteiger charge is -2.22. The van der Waals surface area contributed by atoms with Crippen LogP contribution >= 0.6 is 0 Å². The molecule has 0 heterocycles. The van der Waals surface area contributed by atoms with Gasteiger partial charge in [0.15, 0.2) is 0 Å². The van der Waals surface area contributed by atoms with E-state index in [9.17, 15) is 9.59 Å². The van der Waals surface area contributed by atoms with Gasteiger partial charge in [0.25, 0.3) is 0 Å². The molecular formula is C13H17NO4. The van der Waals surface area contributed by atoms with Gasteiger partial charge in [-0.05, 0) is 19.1 Å². The summed E-state index contributed by atoms with van der Waals surface area (Å²) in [5, 5.41) is 11.5. The monoisotopic (exact) mass is 251 g/mol. The van der Waals surface area contributed by atoms with E-state index in [4.69, 9.17) is 9.84 Å². The highest BCUT2D eigenvalue weighted by molar-refractivity contribution is 6.01. The molecule has 18 heavy (non-hydrogen) atoms. The van der Waals surface area contributed by atoms with Crippen molar-refractivity contribution >= 4 is 11.9 Å². The highest BCUT2D eigenvalue weighted by Crippen LogP contribution is 2.22. The molecule has 98 valence electrons. The number of ether oxygens (including phenoxy) is 1. The predicted octanol–water partition coefficient (Wildman–Crippen LogP) is 1.29. The van der Waals surface area contributed by atoms with Gasteiger partial charge in [0.1, 0.15) is 11.2 Å². The molecule has 0 radical (unpaired) electrons. The van der Waals surface area contributed by atoms with E-state index in [1.165, 1.54) is 14.0 Å². The number of carboxylic acids is 1. The largest absolute Gasteiger partial charge is 0.494 e. The number of benzene rings is 1. The molecule has 5 nitrogen and oxygen atoms in total. The number of hydrogen-bond acceptors (Lipinski definition) is 3. The Morgan fingerprint density at radius 1 is 1.33 bits per heavy atom. The van der Waals surface area contributed by atoms with Gasteiger partial charge in [-0.3, -0.25) is 9.59 Å². The van der Waals surface area contributed by atoms with Crippen LogP contribution in [-0.2, 0) is 9.59 Å². The molecule has 1 unspecified atom stereocenters. The quantitative estimate of drug-likeness (QED) is 0.747. The van der Waals surface area contributed by atoms with Crippen molar-refractivity contribution in [2.75, 3.05) is 13.7 Å². The molecule has 0 bridgehead atoms. The molecule has 0 saturated carbocycles. The summed E-state index contributed by atoms with van der Waals surface area (Å²) < 4.78 is 5.40. The molecule has 1 atom stereocenters. The van der Waals surface area contributed by atoms with E-state index in [2.05, 4.69) is 5.32 Å². The van der Waals surface area contributed by atoms with Crippen LogP contribution in [0.2, 0.25) is 0 Å². The van der Waals surface area contributed by atoms with E-state index in [0.717, 1.165) is 0 Å². The number of hydrogen-bond donors (Lipinski definition) is 2. The lowest BCUT2D eigenvalue weighted by molar-refractivity contribution is -0.155. The van der Waals surface area contributed by atoms with Gasteiger partial charge in [0.2, 0.25) is 5.91 Å². The van der Waals surface area contributed by atoms with Crippen LogP contribution < -0.4 is 10.1 Å². The van der Waals surface area contributed by atoms with Crippen molar-refractivity contribution in [2.24, 2.45) is 5.41 Å². The van der Waals surface area contributed by atoms with E-state index in [1.54, 1.807) is 12.1 Å².